The lowest BCUT2D eigenvalue weighted by atomic mass is 9.79. The zero-order chi connectivity index (χ0) is 11.6. The van der Waals surface area contributed by atoms with Gasteiger partial charge in [0.2, 0.25) is 0 Å². The van der Waals surface area contributed by atoms with Gasteiger partial charge in [-0.3, -0.25) is 0 Å². The summed E-state index contributed by atoms with van der Waals surface area (Å²) in [6.45, 7) is 4.34. The Bertz CT molecular complexity index is 414. The number of rotatable bonds is 2. The summed E-state index contributed by atoms with van der Waals surface area (Å²) in [7, 11) is 0. The number of hydrogen-bond donors (Lipinski definition) is 1. The van der Waals surface area contributed by atoms with Crippen molar-refractivity contribution in [2.75, 3.05) is 0 Å². The lowest BCUT2D eigenvalue weighted by molar-refractivity contribution is 0.386. The first-order valence-corrected chi connectivity index (χ1v) is 5.85. The van der Waals surface area contributed by atoms with Gasteiger partial charge in [0.05, 0.1) is 0 Å². The number of nitrogens with two attached hydrogens (primary N) is 1. The maximum atomic E-state index is 6.31. The standard InChI is InChI=1S/C15H19N/c1-12(2)15(16)10-8-14(9-11-15)13-6-4-3-5-7-13/h3-10,12H,11,16H2,1-2H3. The Morgan fingerprint density at radius 3 is 2.38 bits per heavy atom. The fraction of sp³-hybridized carbons (Fsp3) is 0.333. The van der Waals surface area contributed by atoms with E-state index in [1.165, 1.54) is 11.1 Å². The Balaban J connectivity index is 2.20. The molecule has 1 aromatic rings. The molecule has 1 nitrogen and oxygen atoms in total. The second-order valence-corrected chi connectivity index (χ2v) is 4.83. The minimum absolute atomic E-state index is 0.168. The highest BCUT2D eigenvalue weighted by Gasteiger charge is 2.26. The van der Waals surface area contributed by atoms with Crippen molar-refractivity contribution in [3.63, 3.8) is 0 Å². The van der Waals surface area contributed by atoms with Crippen LogP contribution in [0.1, 0.15) is 25.8 Å². The van der Waals surface area contributed by atoms with Gasteiger partial charge >= 0.3 is 0 Å². The molecule has 0 amide bonds. The molecule has 1 heteroatoms. The van der Waals surface area contributed by atoms with E-state index in [-0.39, 0.29) is 5.54 Å². The highest BCUT2D eigenvalue weighted by molar-refractivity contribution is 5.75. The normalized spacial score (nSPS) is 24.6. The van der Waals surface area contributed by atoms with E-state index >= 15 is 0 Å². The second-order valence-electron chi connectivity index (χ2n) is 4.83. The molecule has 0 aliphatic heterocycles. The van der Waals surface area contributed by atoms with E-state index in [2.05, 4.69) is 56.3 Å². The quantitative estimate of drug-likeness (QED) is 0.800. The molecule has 2 N–H and O–H groups in total. The van der Waals surface area contributed by atoms with Crippen molar-refractivity contribution in [2.45, 2.75) is 25.8 Å². The van der Waals surface area contributed by atoms with Crippen molar-refractivity contribution < 1.29 is 0 Å². The summed E-state index contributed by atoms with van der Waals surface area (Å²) in [6.07, 6.45) is 7.47. The molecule has 16 heavy (non-hydrogen) atoms. The van der Waals surface area contributed by atoms with Crippen LogP contribution in [0.2, 0.25) is 0 Å². The Morgan fingerprint density at radius 2 is 1.88 bits per heavy atom. The molecule has 1 aromatic carbocycles. The van der Waals surface area contributed by atoms with Crippen molar-refractivity contribution >= 4 is 5.57 Å². The van der Waals surface area contributed by atoms with E-state index in [1.54, 1.807) is 0 Å². The summed E-state index contributed by atoms with van der Waals surface area (Å²) in [6, 6.07) is 10.4. The molecule has 1 atom stereocenters. The van der Waals surface area contributed by atoms with E-state index in [1.807, 2.05) is 6.07 Å². The predicted octanol–water partition coefficient (Wildman–Crippen LogP) is 3.38. The van der Waals surface area contributed by atoms with Crippen LogP contribution >= 0.6 is 0 Å². The summed E-state index contributed by atoms with van der Waals surface area (Å²) in [5.74, 6) is 0.470. The van der Waals surface area contributed by atoms with Gasteiger partial charge in [-0.05, 0) is 23.5 Å². The lowest BCUT2D eigenvalue weighted by Crippen LogP contribution is -2.43. The summed E-state index contributed by atoms with van der Waals surface area (Å²) in [4.78, 5) is 0. The summed E-state index contributed by atoms with van der Waals surface area (Å²) in [5.41, 5.74) is 8.69. The fourth-order valence-electron chi connectivity index (χ4n) is 1.94. The van der Waals surface area contributed by atoms with Crippen LogP contribution in [0.15, 0.2) is 48.6 Å². The van der Waals surface area contributed by atoms with Crippen LogP contribution in [-0.4, -0.2) is 5.54 Å². The molecule has 0 aromatic heterocycles. The number of allylic oxidation sites excluding steroid dienone is 2. The van der Waals surface area contributed by atoms with Crippen molar-refractivity contribution in [3.05, 3.63) is 54.1 Å². The molecule has 1 aliphatic rings. The molecule has 0 heterocycles. The first-order chi connectivity index (χ1) is 7.62. The smallest absolute Gasteiger partial charge is 0.0400 e. The van der Waals surface area contributed by atoms with E-state index in [0.29, 0.717) is 5.92 Å². The third-order valence-electron chi connectivity index (χ3n) is 3.43. The van der Waals surface area contributed by atoms with Gasteiger partial charge in [-0.2, -0.15) is 0 Å². The Kier molecular flexibility index (Phi) is 2.97. The zero-order valence-electron chi connectivity index (χ0n) is 9.98. The minimum Gasteiger partial charge on any atom is -0.321 e. The number of benzene rings is 1. The largest absolute Gasteiger partial charge is 0.321 e. The average Bonchev–Trinajstić information content (AvgIpc) is 2.31. The maximum absolute atomic E-state index is 6.31. The van der Waals surface area contributed by atoms with E-state index < -0.39 is 0 Å². The Morgan fingerprint density at radius 1 is 1.19 bits per heavy atom. The fourth-order valence-corrected chi connectivity index (χ4v) is 1.94. The van der Waals surface area contributed by atoms with Crippen LogP contribution in [0.25, 0.3) is 5.57 Å². The van der Waals surface area contributed by atoms with E-state index in [9.17, 15) is 0 Å². The zero-order valence-corrected chi connectivity index (χ0v) is 9.98. The maximum Gasteiger partial charge on any atom is 0.0400 e. The van der Waals surface area contributed by atoms with Crippen LogP contribution in [-0.2, 0) is 0 Å². The molecule has 0 saturated carbocycles. The highest BCUT2D eigenvalue weighted by atomic mass is 14.7. The topological polar surface area (TPSA) is 26.0 Å². The molecule has 0 radical (unpaired) electrons. The second kappa shape index (κ2) is 4.26. The highest BCUT2D eigenvalue weighted by Crippen LogP contribution is 2.29. The van der Waals surface area contributed by atoms with Gasteiger partial charge in [0.1, 0.15) is 0 Å². The third-order valence-corrected chi connectivity index (χ3v) is 3.43. The first kappa shape index (κ1) is 11.2. The molecule has 0 bridgehead atoms. The minimum atomic E-state index is -0.168. The van der Waals surface area contributed by atoms with Gasteiger partial charge in [-0.1, -0.05) is 62.4 Å². The van der Waals surface area contributed by atoms with Crippen LogP contribution < -0.4 is 5.73 Å². The lowest BCUT2D eigenvalue weighted by Gasteiger charge is -2.32. The van der Waals surface area contributed by atoms with E-state index in [0.717, 1.165) is 6.42 Å². The van der Waals surface area contributed by atoms with Crippen LogP contribution in [0.5, 0.6) is 0 Å². The average molecular weight is 213 g/mol. The Labute approximate surface area is 97.7 Å². The SMILES string of the molecule is CC(C)C1(N)C=CC(c2ccccc2)=CC1. The van der Waals surface area contributed by atoms with Gasteiger partial charge in [-0.25, -0.2) is 0 Å². The first-order valence-electron chi connectivity index (χ1n) is 5.85. The molecular formula is C15H19N. The van der Waals surface area contributed by atoms with Gasteiger partial charge in [-0.15, -0.1) is 0 Å². The third kappa shape index (κ3) is 2.10. The molecule has 1 aliphatic carbocycles. The molecule has 84 valence electrons. The molecular weight excluding hydrogens is 194 g/mol. The molecule has 0 fully saturated rings. The van der Waals surface area contributed by atoms with Gasteiger partial charge in [0.15, 0.2) is 0 Å². The predicted molar refractivity (Wildman–Crippen MR) is 69.9 cm³/mol. The van der Waals surface area contributed by atoms with Crippen molar-refractivity contribution in [1.29, 1.82) is 0 Å². The molecule has 0 spiro atoms. The van der Waals surface area contributed by atoms with Crippen LogP contribution in [0.4, 0.5) is 0 Å². The Hall–Kier alpha value is -1.34. The van der Waals surface area contributed by atoms with Crippen LogP contribution in [0, 0.1) is 5.92 Å². The van der Waals surface area contributed by atoms with Gasteiger partial charge in [0.25, 0.3) is 0 Å². The summed E-state index contributed by atoms with van der Waals surface area (Å²) in [5, 5.41) is 0. The van der Waals surface area contributed by atoms with Crippen LogP contribution in [0.3, 0.4) is 0 Å². The van der Waals surface area contributed by atoms with Gasteiger partial charge < -0.3 is 5.73 Å². The summed E-state index contributed by atoms with van der Waals surface area (Å²) >= 11 is 0. The monoisotopic (exact) mass is 213 g/mol. The van der Waals surface area contributed by atoms with E-state index in [4.69, 9.17) is 5.73 Å². The molecule has 0 saturated heterocycles. The molecule has 1 unspecified atom stereocenters. The van der Waals surface area contributed by atoms with Gasteiger partial charge in [0, 0.05) is 5.54 Å². The van der Waals surface area contributed by atoms with Crippen molar-refractivity contribution in [2.24, 2.45) is 11.7 Å². The number of hydrogen-bond acceptors (Lipinski definition) is 1. The molecule has 2 rings (SSSR count). The van der Waals surface area contributed by atoms with Crippen molar-refractivity contribution in [1.82, 2.24) is 0 Å². The summed E-state index contributed by atoms with van der Waals surface area (Å²) < 4.78 is 0. The van der Waals surface area contributed by atoms with Crippen molar-refractivity contribution in [3.8, 4) is 0 Å².